The molecule has 146 valence electrons. The van der Waals surface area contributed by atoms with Gasteiger partial charge in [-0.2, -0.15) is 4.98 Å². The molecule has 6 N–H and O–H groups in total. The summed E-state index contributed by atoms with van der Waals surface area (Å²) in [5, 5.41) is 0. The largest absolute Gasteiger partial charge is 0.493 e. The van der Waals surface area contributed by atoms with Gasteiger partial charge in [0, 0.05) is 18.2 Å². The Balaban J connectivity index is 2.16. The fourth-order valence-corrected chi connectivity index (χ4v) is 3.06. The fraction of sp³-hybridized carbons (Fsp3) is 0.238. The lowest BCUT2D eigenvalue weighted by molar-refractivity contribution is 0.326. The Morgan fingerprint density at radius 1 is 0.929 bits per heavy atom. The van der Waals surface area contributed by atoms with Crippen molar-refractivity contribution in [3.05, 3.63) is 53.7 Å². The van der Waals surface area contributed by atoms with Crippen molar-refractivity contribution in [1.29, 1.82) is 0 Å². The summed E-state index contributed by atoms with van der Waals surface area (Å²) in [6, 6.07) is 11.8. The van der Waals surface area contributed by atoms with E-state index in [1.54, 1.807) is 6.20 Å². The smallest absolute Gasteiger partial charge is 0.221 e. The Morgan fingerprint density at radius 3 is 2.29 bits per heavy atom. The van der Waals surface area contributed by atoms with Crippen molar-refractivity contribution in [3.8, 4) is 22.6 Å². The van der Waals surface area contributed by atoms with Crippen LogP contribution in [0.5, 0.6) is 11.5 Å². The molecule has 0 fully saturated rings. The van der Waals surface area contributed by atoms with Crippen molar-refractivity contribution in [3.63, 3.8) is 0 Å². The molecule has 0 atom stereocenters. The van der Waals surface area contributed by atoms with E-state index in [1.165, 1.54) is 0 Å². The molecule has 28 heavy (non-hydrogen) atoms. The number of benzene rings is 2. The van der Waals surface area contributed by atoms with Gasteiger partial charge in [0.2, 0.25) is 5.95 Å². The molecule has 3 aromatic rings. The summed E-state index contributed by atoms with van der Waals surface area (Å²) in [6.45, 7) is 4.86. The van der Waals surface area contributed by atoms with Crippen LogP contribution in [0.2, 0.25) is 0 Å². The summed E-state index contributed by atoms with van der Waals surface area (Å²) >= 11 is 0. The molecule has 0 saturated carbocycles. The van der Waals surface area contributed by atoms with Gasteiger partial charge in [-0.25, -0.2) is 4.98 Å². The number of nitrogen functional groups attached to an aromatic ring is 3. The number of aromatic nitrogens is 2. The van der Waals surface area contributed by atoms with Gasteiger partial charge in [0.15, 0.2) is 5.75 Å². The Morgan fingerprint density at radius 2 is 1.64 bits per heavy atom. The molecule has 3 rings (SSSR count). The van der Waals surface area contributed by atoms with E-state index in [0.717, 1.165) is 22.3 Å². The van der Waals surface area contributed by atoms with Gasteiger partial charge in [-0.1, -0.05) is 30.3 Å². The molecule has 0 amide bonds. The van der Waals surface area contributed by atoms with Crippen LogP contribution in [0.15, 0.2) is 42.6 Å². The van der Waals surface area contributed by atoms with Crippen molar-refractivity contribution in [2.75, 3.05) is 30.4 Å². The van der Waals surface area contributed by atoms with Crippen LogP contribution in [0.25, 0.3) is 11.1 Å². The normalized spacial score (nSPS) is 10.6. The van der Waals surface area contributed by atoms with Gasteiger partial charge in [0.1, 0.15) is 11.6 Å². The Kier molecular flexibility index (Phi) is 5.84. The van der Waals surface area contributed by atoms with Gasteiger partial charge in [-0.15, -0.1) is 0 Å². The molecule has 1 heterocycles. The van der Waals surface area contributed by atoms with Crippen molar-refractivity contribution < 1.29 is 9.47 Å². The highest BCUT2D eigenvalue weighted by Gasteiger charge is 2.21. The molecule has 0 aliphatic heterocycles. The average Bonchev–Trinajstić information content (AvgIpc) is 2.68. The fourth-order valence-electron chi connectivity index (χ4n) is 3.06. The molecule has 0 bridgehead atoms. The zero-order valence-electron chi connectivity index (χ0n) is 16.1. The van der Waals surface area contributed by atoms with E-state index in [1.807, 2.05) is 50.2 Å². The molecule has 7 nitrogen and oxygen atoms in total. The third kappa shape index (κ3) is 3.93. The van der Waals surface area contributed by atoms with Gasteiger partial charge in [0.05, 0.1) is 24.5 Å². The molecule has 0 unspecified atom stereocenters. The second kappa shape index (κ2) is 8.47. The molecule has 0 aliphatic carbocycles. The van der Waals surface area contributed by atoms with Crippen LogP contribution in [0.1, 0.15) is 25.0 Å². The van der Waals surface area contributed by atoms with Crippen LogP contribution in [0, 0.1) is 0 Å². The minimum atomic E-state index is 0.138. The first-order valence-corrected chi connectivity index (χ1v) is 9.18. The molecule has 2 aromatic carbocycles. The van der Waals surface area contributed by atoms with E-state index in [-0.39, 0.29) is 5.95 Å². The Labute approximate surface area is 164 Å². The van der Waals surface area contributed by atoms with Crippen LogP contribution >= 0.6 is 0 Å². The highest BCUT2D eigenvalue weighted by atomic mass is 16.5. The van der Waals surface area contributed by atoms with E-state index in [0.29, 0.717) is 42.6 Å². The first-order valence-electron chi connectivity index (χ1n) is 9.18. The molecule has 0 aliphatic rings. The third-order valence-corrected chi connectivity index (χ3v) is 4.32. The van der Waals surface area contributed by atoms with E-state index in [2.05, 4.69) is 9.97 Å². The van der Waals surface area contributed by atoms with Crippen molar-refractivity contribution in [1.82, 2.24) is 9.97 Å². The highest BCUT2D eigenvalue weighted by Crippen LogP contribution is 2.45. The lowest BCUT2D eigenvalue weighted by Crippen LogP contribution is -2.08. The molecular formula is C21H25N5O2. The molecule has 0 radical (unpaired) electrons. The summed E-state index contributed by atoms with van der Waals surface area (Å²) in [5.74, 6) is 1.77. The number of nitrogens with two attached hydrogens (primary N) is 3. The van der Waals surface area contributed by atoms with Crippen molar-refractivity contribution in [2.24, 2.45) is 0 Å². The first-order chi connectivity index (χ1) is 13.5. The Hall–Kier alpha value is -3.48. The van der Waals surface area contributed by atoms with Gasteiger partial charge in [-0.05, 0) is 31.0 Å². The van der Waals surface area contributed by atoms with Crippen LogP contribution in [-0.4, -0.2) is 23.2 Å². The topological polar surface area (TPSA) is 122 Å². The number of hydrogen-bond donors (Lipinski definition) is 3. The summed E-state index contributed by atoms with van der Waals surface area (Å²) in [7, 11) is 0. The molecule has 0 spiro atoms. The monoisotopic (exact) mass is 379 g/mol. The lowest BCUT2D eigenvalue weighted by Gasteiger charge is -2.20. The number of ether oxygens (including phenoxy) is 2. The molecular weight excluding hydrogens is 354 g/mol. The SMILES string of the molecule is CCOc1cc(Cc2cnc(N)nc2N)c(N)c(OCC)c1-c1ccccc1. The van der Waals surface area contributed by atoms with Gasteiger partial charge >= 0.3 is 0 Å². The van der Waals surface area contributed by atoms with E-state index in [4.69, 9.17) is 26.7 Å². The van der Waals surface area contributed by atoms with E-state index in [9.17, 15) is 0 Å². The minimum absolute atomic E-state index is 0.138. The standard InChI is InChI=1S/C21H25N5O2/c1-3-27-16-11-14(10-15-12-25-21(24)26-20(15)23)18(22)19(28-4-2)17(16)13-8-6-5-7-9-13/h5-9,11-12H,3-4,10,22H2,1-2H3,(H4,23,24,25,26). The second-order valence-corrected chi connectivity index (χ2v) is 6.20. The molecule has 1 aromatic heterocycles. The summed E-state index contributed by atoms with van der Waals surface area (Å²) in [5.41, 5.74) is 22.0. The van der Waals surface area contributed by atoms with Crippen LogP contribution in [-0.2, 0) is 6.42 Å². The zero-order chi connectivity index (χ0) is 20.1. The Bertz CT molecular complexity index is 961. The quantitative estimate of drug-likeness (QED) is 0.538. The summed E-state index contributed by atoms with van der Waals surface area (Å²) < 4.78 is 11.9. The summed E-state index contributed by atoms with van der Waals surface area (Å²) in [4.78, 5) is 8.05. The van der Waals surface area contributed by atoms with E-state index >= 15 is 0 Å². The number of rotatable bonds is 7. The van der Waals surface area contributed by atoms with Gasteiger partial charge in [-0.3, -0.25) is 0 Å². The number of anilines is 3. The maximum atomic E-state index is 6.51. The predicted molar refractivity (Wildman–Crippen MR) is 112 cm³/mol. The highest BCUT2D eigenvalue weighted by molar-refractivity contribution is 5.84. The molecule has 7 heteroatoms. The van der Waals surface area contributed by atoms with Crippen LogP contribution in [0.3, 0.4) is 0 Å². The lowest BCUT2D eigenvalue weighted by atomic mass is 9.96. The zero-order valence-corrected chi connectivity index (χ0v) is 16.1. The summed E-state index contributed by atoms with van der Waals surface area (Å²) in [6.07, 6.45) is 2.05. The molecule has 0 saturated heterocycles. The second-order valence-electron chi connectivity index (χ2n) is 6.20. The number of hydrogen-bond acceptors (Lipinski definition) is 7. The first kappa shape index (κ1) is 19.3. The van der Waals surface area contributed by atoms with Crippen LogP contribution in [0.4, 0.5) is 17.5 Å². The van der Waals surface area contributed by atoms with E-state index < -0.39 is 0 Å². The predicted octanol–water partition coefficient (Wildman–Crippen LogP) is 3.28. The average molecular weight is 379 g/mol. The third-order valence-electron chi connectivity index (χ3n) is 4.32. The number of nitrogens with zero attached hydrogens (tertiary/aromatic N) is 2. The maximum Gasteiger partial charge on any atom is 0.221 e. The minimum Gasteiger partial charge on any atom is -0.493 e. The van der Waals surface area contributed by atoms with Crippen molar-refractivity contribution >= 4 is 17.5 Å². The van der Waals surface area contributed by atoms with Crippen LogP contribution < -0.4 is 26.7 Å². The maximum absolute atomic E-state index is 6.51. The van der Waals surface area contributed by atoms with Crippen molar-refractivity contribution in [2.45, 2.75) is 20.3 Å². The van der Waals surface area contributed by atoms with Gasteiger partial charge < -0.3 is 26.7 Å². The van der Waals surface area contributed by atoms with Gasteiger partial charge in [0.25, 0.3) is 0 Å².